The number of carboxylic acid groups (broad SMARTS) is 1. The molecular formula is C14H27NO5S. The van der Waals surface area contributed by atoms with Gasteiger partial charge in [0.2, 0.25) is 10.0 Å². The van der Waals surface area contributed by atoms with Gasteiger partial charge in [-0.2, -0.15) is 0 Å². The molecule has 1 heterocycles. The first kappa shape index (κ1) is 18.4. The van der Waals surface area contributed by atoms with E-state index in [9.17, 15) is 18.3 Å². The second-order valence-corrected chi connectivity index (χ2v) is 9.01. The third-order valence-corrected chi connectivity index (χ3v) is 6.31. The molecule has 0 radical (unpaired) electrons. The van der Waals surface area contributed by atoms with Crippen molar-refractivity contribution in [2.75, 3.05) is 32.6 Å². The van der Waals surface area contributed by atoms with Gasteiger partial charge in [-0.15, -0.1) is 0 Å². The molecule has 124 valence electrons. The van der Waals surface area contributed by atoms with Crippen LogP contribution < -0.4 is 0 Å². The highest BCUT2D eigenvalue weighted by Crippen LogP contribution is 2.36. The van der Waals surface area contributed by atoms with Crippen molar-refractivity contribution in [2.45, 2.75) is 40.0 Å². The zero-order valence-corrected chi connectivity index (χ0v) is 14.2. The quantitative estimate of drug-likeness (QED) is 0.802. The summed E-state index contributed by atoms with van der Waals surface area (Å²) in [6.45, 7) is 6.57. The van der Waals surface area contributed by atoms with Crippen molar-refractivity contribution >= 4 is 16.0 Å². The summed E-state index contributed by atoms with van der Waals surface area (Å²) in [7, 11) is -1.79. The fourth-order valence-corrected chi connectivity index (χ4v) is 4.72. The lowest BCUT2D eigenvalue weighted by atomic mass is 9.76. The maximum absolute atomic E-state index is 12.3. The van der Waals surface area contributed by atoms with E-state index in [0.717, 1.165) is 0 Å². The molecule has 1 aliphatic rings. The minimum Gasteiger partial charge on any atom is -0.481 e. The Kier molecular flexibility index (Phi) is 5.80. The van der Waals surface area contributed by atoms with E-state index in [0.29, 0.717) is 25.9 Å². The van der Waals surface area contributed by atoms with Crippen LogP contribution in [0.3, 0.4) is 0 Å². The molecule has 0 unspecified atom stereocenters. The summed E-state index contributed by atoms with van der Waals surface area (Å²) >= 11 is 0. The number of hydrogen-bond donors (Lipinski definition) is 1. The van der Waals surface area contributed by atoms with Gasteiger partial charge in [0.05, 0.1) is 11.2 Å². The highest BCUT2D eigenvalue weighted by molar-refractivity contribution is 7.89. The number of sulfonamides is 1. The van der Waals surface area contributed by atoms with Crippen LogP contribution in [0.15, 0.2) is 0 Å². The summed E-state index contributed by atoms with van der Waals surface area (Å²) in [6.07, 6.45) is 1.11. The number of rotatable bonds is 6. The van der Waals surface area contributed by atoms with Gasteiger partial charge in [0.25, 0.3) is 0 Å². The first-order valence-electron chi connectivity index (χ1n) is 7.23. The van der Waals surface area contributed by atoms with E-state index >= 15 is 0 Å². The molecule has 1 saturated heterocycles. The summed E-state index contributed by atoms with van der Waals surface area (Å²) in [5, 5.41) is 9.47. The lowest BCUT2D eigenvalue weighted by Gasteiger charge is -2.39. The van der Waals surface area contributed by atoms with Crippen molar-refractivity contribution in [1.82, 2.24) is 4.31 Å². The lowest BCUT2D eigenvalue weighted by molar-refractivity contribution is -0.152. The van der Waals surface area contributed by atoms with E-state index < -0.39 is 21.4 Å². The molecule has 1 fully saturated rings. The van der Waals surface area contributed by atoms with Crippen LogP contribution in [0.25, 0.3) is 0 Å². The lowest BCUT2D eigenvalue weighted by Crippen LogP contribution is -2.48. The maximum atomic E-state index is 12.3. The first-order valence-corrected chi connectivity index (χ1v) is 8.84. The van der Waals surface area contributed by atoms with Gasteiger partial charge in [-0.25, -0.2) is 12.7 Å². The number of methoxy groups -OCH3 is 1. The van der Waals surface area contributed by atoms with Crippen LogP contribution in [0.2, 0.25) is 0 Å². The van der Waals surface area contributed by atoms with Crippen molar-refractivity contribution in [2.24, 2.45) is 10.8 Å². The van der Waals surface area contributed by atoms with E-state index in [2.05, 4.69) is 0 Å². The molecule has 0 bridgehead atoms. The van der Waals surface area contributed by atoms with Gasteiger partial charge in [-0.3, -0.25) is 4.79 Å². The molecule has 6 nitrogen and oxygen atoms in total. The normalized spacial score (nSPS) is 20.4. The van der Waals surface area contributed by atoms with Crippen LogP contribution in [0, 0.1) is 10.8 Å². The predicted molar refractivity (Wildman–Crippen MR) is 80.6 cm³/mol. The second kappa shape index (κ2) is 6.62. The van der Waals surface area contributed by atoms with E-state index in [1.807, 2.05) is 20.8 Å². The average Bonchev–Trinajstić information content (AvgIpc) is 2.33. The summed E-state index contributed by atoms with van der Waals surface area (Å²) in [6, 6.07) is 0. The van der Waals surface area contributed by atoms with Crippen molar-refractivity contribution in [3.8, 4) is 0 Å². The summed E-state index contributed by atoms with van der Waals surface area (Å²) in [5.74, 6) is -0.773. The van der Waals surface area contributed by atoms with Crippen molar-refractivity contribution in [3.05, 3.63) is 0 Å². The Hall–Kier alpha value is -0.660. The van der Waals surface area contributed by atoms with Crippen LogP contribution in [0.4, 0.5) is 0 Å². The van der Waals surface area contributed by atoms with Gasteiger partial charge in [0, 0.05) is 26.8 Å². The van der Waals surface area contributed by atoms with E-state index in [1.165, 1.54) is 4.31 Å². The fourth-order valence-electron chi connectivity index (χ4n) is 2.70. The van der Waals surface area contributed by atoms with Crippen LogP contribution in [0.1, 0.15) is 40.0 Å². The third-order valence-electron chi connectivity index (χ3n) is 3.93. The molecule has 0 aromatic heterocycles. The molecule has 21 heavy (non-hydrogen) atoms. The minimum absolute atomic E-state index is 0.0815. The zero-order chi connectivity index (χ0) is 16.3. The number of hydrogen-bond acceptors (Lipinski definition) is 4. The number of nitrogens with zero attached hydrogens (tertiary/aromatic N) is 1. The highest BCUT2D eigenvalue weighted by Gasteiger charge is 2.43. The molecular weight excluding hydrogens is 294 g/mol. The fraction of sp³-hybridized carbons (Fsp3) is 0.929. The van der Waals surface area contributed by atoms with E-state index in [1.54, 1.807) is 7.11 Å². The maximum Gasteiger partial charge on any atom is 0.309 e. The van der Waals surface area contributed by atoms with Gasteiger partial charge in [0.1, 0.15) is 0 Å². The highest BCUT2D eigenvalue weighted by atomic mass is 32.2. The van der Waals surface area contributed by atoms with Crippen molar-refractivity contribution in [3.63, 3.8) is 0 Å². The van der Waals surface area contributed by atoms with Gasteiger partial charge in [-0.05, 0) is 24.7 Å². The summed E-state index contributed by atoms with van der Waals surface area (Å²) < 4.78 is 31.1. The molecule has 0 aromatic carbocycles. The molecule has 0 aliphatic carbocycles. The molecule has 1 rings (SSSR count). The largest absolute Gasteiger partial charge is 0.481 e. The summed E-state index contributed by atoms with van der Waals surface area (Å²) in [5.41, 5.74) is -1.17. The van der Waals surface area contributed by atoms with E-state index in [-0.39, 0.29) is 24.3 Å². The number of piperidine rings is 1. The first-order chi connectivity index (χ1) is 9.52. The van der Waals surface area contributed by atoms with Crippen molar-refractivity contribution in [1.29, 1.82) is 0 Å². The SMILES string of the molecule is COCCC1(C(=O)O)CCN(S(=O)(=O)CC(C)(C)C)CC1. The van der Waals surface area contributed by atoms with Crippen LogP contribution >= 0.6 is 0 Å². The Balaban J connectivity index is 2.75. The van der Waals surface area contributed by atoms with Gasteiger partial charge in [-0.1, -0.05) is 20.8 Å². The molecule has 0 spiro atoms. The predicted octanol–water partition coefficient (Wildman–Crippen LogP) is 1.57. The standard InChI is InChI=1S/C14H27NO5S/c1-13(2,3)11-21(18,19)15-8-5-14(6-9-15,12(16)17)7-10-20-4/h5-11H2,1-4H3,(H,16,17). The molecule has 1 N–H and O–H groups in total. The Bertz CT molecular complexity index is 458. The Morgan fingerprint density at radius 1 is 1.29 bits per heavy atom. The number of ether oxygens (including phenoxy) is 1. The topological polar surface area (TPSA) is 83.9 Å². The number of carbonyl (C=O) groups is 1. The number of carboxylic acids is 1. The number of aliphatic carboxylic acids is 1. The van der Waals surface area contributed by atoms with Crippen LogP contribution in [-0.4, -0.2) is 56.4 Å². The zero-order valence-electron chi connectivity index (χ0n) is 13.4. The Labute approximate surface area is 127 Å². The van der Waals surface area contributed by atoms with Crippen LogP contribution in [0.5, 0.6) is 0 Å². The second-order valence-electron chi connectivity index (χ2n) is 7.04. The molecule has 0 saturated carbocycles. The molecule has 0 aromatic rings. The minimum atomic E-state index is -3.33. The smallest absolute Gasteiger partial charge is 0.309 e. The van der Waals surface area contributed by atoms with Gasteiger partial charge < -0.3 is 9.84 Å². The summed E-state index contributed by atoms with van der Waals surface area (Å²) in [4.78, 5) is 11.5. The Morgan fingerprint density at radius 2 is 1.81 bits per heavy atom. The molecule has 7 heteroatoms. The monoisotopic (exact) mass is 321 g/mol. The van der Waals surface area contributed by atoms with Gasteiger partial charge >= 0.3 is 5.97 Å². The molecule has 1 aliphatic heterocycles. The molecule has 0 atom stereocenters. The van der Waals surface area contributed by atoms with Crippen LogP contribution in [-0.2, 0) is 19.6 Å². The van der Waals surface area contributed by atoms with Crippen molar-refractivity contribution < 1.29 is 23.1 Å². The van der Waals surface area contributed by atoms with E-state index in [4.69, 9.17) is 4.74 Å². The van der Waals surface area contributed by atoms with Gasteiger partial charge in [0.15, 0.2) is 0 Å². The third kappa shape index (κ3) is 4.93. The molecule has 0 amide bonds. The average molecular weight is 321 g/mol. The Morgan fingerprint density at radius 3 is 2.19 bits per heavy atom.